The van der Waals surface area contributed by atoms with Gasteiger partial charge in [0, 0.05) is 26.2 Å². The van der Waals surface area contributed by atoms with Crippen LogP contribution < -0.4 is 0 Å². The molecule has 5 nitrogen and oxygen atoms in total. The minimum Gasteiger partial charge on any atom is -0.481 e. The zero-order valence-corrected chi connectivity index (χ0v) is 11.7. The Labute approximate surface area is 109 Å². The number of likely N-dealkylation sites (tertiary alicyclic amines) is 1. The third-order valence-corrected chi connectivity index (χ3v) is 3.44. The third-order valence-electron chi connectivity index (χ3n) is 3.44. The molecule has 1 saturated heterocycles. The first-order chi connectivity index (χ1) is 8.36. The van der Waals surface area contributed by atoms with Crippen molar-refractivity contribution in [2.24, 2.45) is 17.8 Å². The van der Waals surface area contributed by atoms with Crippen LogP contribution in [0.25, 0.3) is 0 Å². The molecular formula is C13H24N2O3. The molecule has 1 aliphatic rings. The Bertz CT molecular complexity index is 317. The van der Waals surface area contributed by atoms with Gasteiger partial charge in [0.2, 0.25) is 0 Å². The second-order valence-electron chi connectivity index (χ2n) is 5.54. The Morgan fingerprint density at radius 3 is 2.39 bits per heavy atom. The number of hydrogen-bond donors (Lipinski definition) is 1. The maximum Gasteiger partial charge on any atom is 0.320 e. The highest BCUT2D eigenvalue weighted by atomic mass is 16.4. The van der Waals surface area contributed by atoms with Crippen LogP contribution in [0.3, 0.4) is 0 Å². The molecule has 1 fully saturated rings. The molecule has 2 atom stereocenters. The van der Waals surface area contributed by atoms with Gasteiger partial charge in [0.25, 0.3) is 0 Å². The molecule has 1 N–H and O–H groups in total. The molecule has 18 heavy (non-hydrogen) atoms. The van der Waals surface area contributed by atoms with E-state index >= 15 is 0 Å². The van der Waals surface area contributed by atoms with Crippen molar-refractivity contribution in [3.63, 3.8) is 0 Å². The molecule has 0 aliphatic carbocycles. The molecule has 1 rings (SSSR count). The SMILES string of the molecule is CCN(CC(C)C)C(=O)N1CC(C)C(C(=O)O)C1. The molecule has 5 heteroatoms. The number of urea groups is 1. The second-order valence-corrected chi connectivity index (χ2v) is 5.54. The lowest BCUT2D eigenvalue weighted by Crippen LogP contribution is -2.44. The Hall–Kier alpha value is -1.26. The van der Waals surface area contributed by atoms with Crippen LogP contribution in [-0.2, 0) is 4.79 Å². The summed E-state index contributed by atoms with van der Waals surface area (Å²) in [7, 11) is 0. The average Bonchev–Trinajstić information content (AvgIpc) is 2.67. The van der Waals surface area contributed by atoms with Crippen LogP contribution >= 0.6 is 0 Å². The van der Waals surface area contributed by atoms with Crippen molar-refractivity contribution in [1.82, 2.24) is 9.80 Å². The number of rotatable bonds is 4. The number of aliphatic carboxylic acids is 1. The number of amides is 2. The van der Waals surface area contributed by atoms with Crippen LogP contribution in [0.2, 0.25) is 0 Å². The molecule has 0 aromatic carbocycles. The number of carboxylic acids is 1. The maximum absolute atomic E-state index is 12.3. The quantitative estimate of drug-likeness (QED) is 0.833. The summed E-state index contributed by atoms with van der Waals surface area (Å²) in [5.74, 6) is -0.773. The Balaban J connectivity index is 2.65. The normalized spacial score (nSPS) is 23.5. The zero-order chi connectivity index (χ0) is 13.9. The topological polar surface area (TPSA) is 60.9 Å². The first-order valence-electron chi connectivity index (χ1n) is 6.63. The van der Waals surface area contributed by atoms with Crippen LogP contribution in [0, 0.1) is 17.8 Å². The fraction of sp³-hybridized carbons (Fsp3) is 0.846. The van der Waals surface area contributed by atoms with Crippen LogP contribution in [0.15, 0.2) is 0 Å². The summed E-state index contributed by atoms with van der Waals surface area (Å²) in [5, 5.41) is 9.07. The first-order valence-corrected chi connectivity index (χ1v) is 6.63. The number of carboxylic acid groups (broad SMARTS) is 1. The van der Waals surface area contributed by atoms with Gasteiger partial charge in [-0.1, -0.05) is 20.8 Å². The van der Waals surface area contributed by atoms with Crippen molar-refractivity contribution in [3.8, 4) is 0 Å². The maximum atomic E-state index is 12.3. The summed E-state index contributed by atoms with van der Waals surface area (Å²) < 4.78 is 0. The van der Waals surface area contributed by atoms with Crippen LogP contribution in [0.1, 0.15) is 27.7 Å². The summed E-state index contributed by atoms with van der Waals surface area (Å²) in [6.07, 6.45) is 0. The Kier molecular flexibility index (Phi) is 4.99. The van der Waals surface area contributed by atoms with E-state index in [9.17, 15) is 9.59 Å². The fourth-order valence-corrected chi connectivity index (χ4v) is 2.43. The molecule has 1 heterocycles. The summed E-state index contributed by atoms with van der Waals surface area (Å²) in [6.45, 7) is 10.3. The molecule has 104 valence electrons. The van der Waals surface area contributed by atoms with E-state index in [0.717, 1.165) is 6.54 Å². The van der Waals surface area contributed by atoms with Gasteiger partial charge in [-0.3, -0.25) is 4.79 Å². The fourth-order valence-electron chi connectivity index (χ4n) is 2.43. The highest BCUT2D eigenvalue weighted by molar-refractivity contribution is 5.77. The highest BCUT2D eigenvalue weighted by Gasteiger charge is 2.38. The molecule has 0 bridgehead atoms. The van der Waals surface area contributed by atoms with E-state index in [1.54, 1.807) is 9.80 Å². The smallest absolute Gasteiger partial charge is 0.320 e. The van der Waals surface area contributed by atoms with Gasteiger partial charge < -0.3 is 14.9 Å². The van der Waals surface area contributed by atoms with E-state index in [2.05, 4.69) is 13.8 Å². The molecule has 0 aromatic rings. The number of carbonyl (C=O) groups is 2. The predicted molar refractivity (Wildman–Crippen MR) is 69.3 cm³/mol. The molecule has 0 spiro atoms. The number of nitrogens with zero attached hydrogens (tertiary/aromatic N) is 2. The zero-order valence-electron chi connectivity index (χ0n) is 11.7. The summed E-state index contributed by atoms with van der Waals surface area (Å²) in [5.41, 5.74) is 0. The van der Waals surface area contributed by atoms with Crippen molar-refractivity contribution in [2.45, 2.75) is 27.7 Å². The van der Waals surface area contributed by atoms with Crippen molar-refractivity contribution in [3.05, 3.63) is 0 Å². The minimum absolute atomic E-state index is 0.0261. The van der Waals surface area contributed by atoms with Gasteiger partial charge in [0.15, 0.2) is 0 Å². The molecule has 1 aliphatic heterocycles. The van der Waals surface area contributed by atoms with Crippen LogP contribution in [0.4, 0.5) is 4.79 Å². The first kappa shape index (κ1) is 14.8. The van der Waals surface area contributed by atoms with Gasteiger partial charge in [-0.05, 0) is 18.8 Å². The van der Waals surface area contributed by atoms with Gasteiger partial charge in [-0.2, -0.15) is 0 Å². The average molecular weight is 256 g/mol. The van der Waals surface area contributed by atoms with Crippen LogP contribution in [-0.4, -0.2) is 53.1 Å². The van der Waals surface area contributed by atoms with Crippen molar-refractivity contribution < 1.29 is 14.7 Å². The summed E-state index contributed by atoms with van der Waals surface area (Å²) in [4.78, 5) is 26.8. The lowest BCUT2D eigenvalue weighted by Gasteiger charge is -2.28. The minimum atomic E-state index is -0.801. The third kappa shape index (κ3) is 3.37. The summed E-state index contributed by atoms with van der Waals surface area (Å²) >= 11 is 0. The Morgan fingerprint density at radius 1 is 1.39 bits per heavy atom. The monoisotopic (exact) mass is 256 g/mol. The van der Waals surface area contributed by atoms with E-state index in [4.69, 9.17) is 5.11 Å². The van der Waals surface area contributed by atoms with Crippen LogP contribution in [0.5, 0.6) is 0 Å². The molecule has 2 unspecified atom stereocenters. The number of carbonyl (C=O) groups excluding carboxylic acids is 1. The van der Waals surface area contributed by atoms with E-state index in [1.807, 2.05) is 13.8 Å². The molecule has 0 aromatic heterocycles. The van der Waals surface area contributed by atoms with E-state index in [0.29, 0.717) is 25.6 Å². The predicted octanol–water partition coefficient (Wildman–Crippen LogP) is 1.74. The van der Waals surface area contributed by atoms with Gasteiger partial charge in [0.1, 0.15) is 0 Å². The molecule has 0 saturated carbocycles. The highest BCUT2D eigenvalue weighted by Crippen LogP contribution is 2.24. The van der Waals surface area contributed by atoms with Gasteiger partial charge in [-0.15, -0.1) is 0 Å². The molecule has 2 amide bonds. The van der Waals surface area contributed by atoms with Crippen molar-refractivity contribution in [1.29, 1.82) is 0 Å². The van der Waals surface area contributed by atoms with E-state index in [1.165, 1.54) is 0 Å². The molecular weight excluding hydrogens is 232 g/mol. The standard InChI is InChI=1S/C13H24N2O3/c1-5-14(6-9(2)3)13(18)15-7-10(4)11(8-15)12(16)17/h9-11H,5-8H2,1-4H3,(H,16,17). The van der Waals surface area contributed by atoms with Crippen molar-refractivity contribution >= 4 is 12.0 Å². The van der Waals surface area contributed by atoms with E-state index < -0.39 is 11.9 Å². The van der Waals surface area contributed by atoms with Gasteiger partial charge >= 0.3 is 12.0 Å². The second kappa shape index (κ2) is 6.07. The van der Waals surface area contributed by atoms with E-state index in [-0.39, 0.29) is 11.9 Å². The van der Waals surface area contributed by atoms with Gasteiger partial charge in [0.05, 0.1) is 5.92 Å². The Morgan fingerprint density at radius 2 is 2.00 bits per heavy atom. The van der Waals surface area contributed by atoms with Crippen molar-refractivity contribution in [2.75, 3.05) is 26.2 Å². The van der Waals surface area contributed by atoms with Gasteiger partial charge in [-0.25, -0.2) is 4.79 Å². The largest absolute Gasteiger partial charge is 0.481 e. The lowest BCUT2D eigenvalue weighted by atomic mass is 9.99. The summed E-state index contributed by atoms with van der Waals surface area (Å²) in [6, 6.07) is -0.0261. The number of hydrogen-bond acceptors (Lipinski definition) is 2. The lowest BCUT2D eigenvalue weighted by molar-refractivity contribution is -0.142. The molecule has 0 radical (unpaired) electrons.